The monoisotopic (exact) mass is 930 g/mol. The standard InChI is InChI=1S/C34H30N10O14S4/c1-57-33-41-29(35-21-9-13-25(14-10-21)59(45,46)47)39-31(43-33)37-23-7-5-19(27(17-23)61(51,52)53)3-4-20-6-8-24(18-28(20)62(54,55)56)38-32-40-30(42-34(44-32)58-2)36-22-11-15-26(16-12-22)60(48,49)50/h3-18H,1-2H3,(H,45,46,47)(H,48,49,50)(H,51,52,53)(H,54,55,56)(H2,35,37,39,41,43)(H2,36,38,40,42,44). The number of hydrogen-bond acceptors (Lipinski definition) is 20. The highest BCUT2D eigenvalue weighted by molar-refractivity contribution is 7.86. The first-order valence-electron chi connectivity index (χ1n) is 16.8. The van der Waals surface area contributed by atoms with Gasteiger partial charge in [0.15, 0.2) is 0 Å². The maximum atomic E-state index is 12.5. The maximum absolute atomic E-state index is 12.5. The number of nitrogens with one attached hydrogen (secondary N) is 4. The molecule has 24 nitrogen and oxygen atoms in total. The van der Waals surface area contributed by atoms with Gasteiger partial charge in [0.05, 0.1) is 24.0 Å². The Morgan fingerprint density at radius 3 is 0.984 bits per heavy atom. The molecule has 0 unspecified atom stereocenters. The number of ether oxygens (including phenoxy) is 2. The Morgan fingerprint density at radius 1 is 0.419 bits per heavy atom. The number of methoxy groups -OCH3 is 2. The lowest BCUT2D eigenvalue weighted by Gasteiger charge is -2.12. The zero-order valence-electron chi connectivity index (χ0n) is 31.4. The van der Waals surface area contributed by atoms with Crippen LogP contribution in [0.4, 0.5) is 46.5 Å². The van der Waals surface area contributed by atoms with Gasteiger partial charge in [-0.3, -0.25) is 18.2 Å². The Morgan fingerprint density at radius 2 is 0.710 bits per heavy atom. The largest absolute Gasteiger partial charge is 0.467 e. The van der Waals surface area contributed by atoms with Crippen molar-refractivity contribution in [3.05, 3.63) is 96.1 Å². The first-order chi connectivity index (χ1) is 29.1. The van der Waals surface area contributed by atoms with Crippen molar-refractivity contribution in [2.24, 2.45) is 0 Å². The molecular weight excluding hydrogens is 901 g/mol. The van der Waals surface area contributed by atoms with E-state index in [9.17, 15) is 51.9 Å². The summed E-state index contributed by atoms with van der Waals surface area (Å²) in [5.74, 6) is -0.519. The van der Waals surface area contributed by atoms with Gasteiger partial charge in [-0.1, -0.05) is 24.3 Å². The molecule has 6 rings (SSSR count). The summed E-state index contributed by atoms with van der Waals surface area (Å²) in [4.78, 5) is 22.7. The van der Waals surface area contributed by atoms with E-state index < -0.39 is 50.3 Å². The lowest BCUT2D eigenvalue weighted by atomic mass is 10.1. The minimum atomic E-state index is -4.93. The molecule has 4 aromatic carbocycles. The van der Waals surface area contributed by atoms with Gasteiger partial charge >= 0.3 is 12.0 Å². The number of rotatable bonds is 16. The van der Waals surface area contributed by atoms with Crippen LogP contribution in [0.25, 0.3) is 12.2 Å². The summed E-state index contributed by atoms with van der Waals surface area (Å²) < 4.78 is 145. The van der Waals surface area contributed by atoms with Crippen LogP contribution in [-0.2, 0) is 40.5 Å². The smallest absolute Gasteiger partial charge is 0.322 e. The second kappa shape index (κ2) is 17.6. The van der Waals surface area contributed by atoms with E-state index in [0.29, 0.717) is 11.4 Å². The molecule has 0 amide bonds. The Labute approximate surface area is 352 Å². The van der Waals surface area contributed by atoms with Crippen molar-refractivity contribution in [3.8, 4) is 12.0 Å². The molecule has 0 radical (unpaired) electrons. The maximum Gasteiger partial charge on any atom is 0.322 e. The number of benzene rings is 4. The van der Waals surface area contributed by atoms with E-state index in [1.165, 1.54) is 74.9 Å². The van der Waals surface area contributed by atoms with Crippen molar-refractivity contribution in [2.75, 3.05) is 35.5 Å². The number of anilines is 8. The van der Waals surface area contributed by atoms with E-state index in [4.69, 9.17) is 9.47 Å². The van der Waals surface area contributed by atoms with Gasteiger partial charge in [0.1, 0.15) is 9.79 Å². The normalized spacial score (nSPS) is 12.2. The Kier molecular flexibility index (Phi) is 12.7. The van der Waals surface area contributed by atoms with Gasteiger partial charge < -0.3 is 30.7 Å². The zero-order chi connectivity index (χ0) is 45.0. The molecule has 28 heteroatoms. The lowest BCUT2D eigenvalue weighted by Crippen LogP contribution is -2.07. The number of nitrogens with zero attached hydrogens (tertiary/aromatic N) is 6. The molecule has 2 heterocycles. The summed E-state index contributed by atoms with van der Waals surface area (Å²) in [6.45, 7) is 0. The van der Waals surface area contributed by atoms with Crippen LogP contribution < -0.4 is 30.7 Å². The topological polar surface area (TPSA) is 361 Å². The average Bonchev–Trinajstić information content (AvgIpc) is 3.19. The van der Waals surface area contributed by atoms with E-state index in [1.807, 2.05) is 0 Å². The summed E-state index contributed by atoms with van der Waals surface area (Å²) >= 11 is 0. The molecule has 8 N–H and O–H groups in total. The predicted molar refractivity (Wildman–Crippen MR) is 220 cm³/mol. The molecule has 0 atom stereocenters. The fourth-order valence-electron chi connectivity index (χ4n) is 5.18. The van der Waals surface area contributed by atoms with Crippen molar-refractivity contribution in [1.29, 1.82) is 0 Å². The van der Waals surface area contributed by atoms with Crippen LogP contribution in [-0.4, -0.2) is 96.0 Å². The highest BCUT2D eigenvalue weighted by Gasteiger charge is 2.20. The van der Waals surface area contributed by atoms with Crippen molar-refractivity contribution in [1.82, 2.24) is 29.9 Å². The summed E-state index contributed by atoms with van der Waals surface area (Å²) in [6.07, 6.45) is 2.34. The van der Waals surface area contributed by atoms with Gasteiger partial charge in [0.2, 0.25) is 23.8 Å². The van der Waals surface area contributed by atoms with Gasteiger partial charge in [0.25, 0.3) is 40.5 Å². The van der Waals surface area contributed by atoms with Crippen LogP contribution in [0, 0.1) is 0 Å². The molecule has 62 heavy (non-hydrogen) atoms. The third-order valence-electron chi connectivity index (χ3n) is 7.95. The summed E-state index contributed by atoms with van der Waals surface area (Å²) in [7, 11) is -16.2. The molecule has 0 saturated heterocycles. The predicted octanol–water partition coefficient (Wildman–Crippen LogP) is 4.21. The van der Waals surface area contributed by atoms with Gasteiger partial charge in [-0.05, 0) is 83.9 Å². The molecule has 0 spiro atoms. The van der Waals surface area contributed by atoms with Crippen LogP contribution in [0.5, 0.6) is 12.0 Å². The van der Waals surface area contributed by atoms with Crippen molar-refractivity contribution in [3.63, 3.8) is 0 Å². The molecule has 324 valence electrons. The molecule has 0 fully saturated rings. The lowest BCUT2D eigenvalue weighted by molar-refractivity contribution is 0.379. The highest BCUT2D eigenvalue weighted by atomic mass is 32.2. The van der Waals surface area contributed by atoms with Gasteiger partial charge in [-0.2, -0.15) is 63.6 Å². The van der Waals surface area contributed by atoms with Gasteiger partial charge in [0, 0.05) is 22.7 Å². The Bertz CT molecular complexity index is 2950. The summed E-state index contributed by atoms with van der Waals surface area (Å²) in [5.41, 5.74) is 0.477. The summed E-state index contributed by atoms with van der Waals surface area (Å²) in [6, 6.07) is 16.8. The fourth-order valence-corrected chi connectivity index (χ4v) is 7.56. The SMILES string of the molecule is COc1nc(Nc2ccc(S(=O)(=O)O)cc2)nc(Nc2ccc(C=Cc3ccc(Nc4nc(Nc5ccc(S(=O)(=O)O)cc5)nc(OC)n4)cc3S(=O)(=O)O)c(S(=O)(=O)O)c2)n1. The number of aromatic nitrogens is 6. The third kappa shape index (κ3) is 11.5. The van der Waals surface area contributed by atoms with Crippen LogP contribution in [0.3, 0.4) is 0 Å². The van der Waals surface area contributed by atoms with Crippen molar-refractivity contribution >= 4 is 99.2 Å². The molecule has 0 aliphatic carbocycles. The Hall–Kier alpha value is -6.92. The molecule has 0 aliphatic heterocycles. The minimum Gasteiger partial charge on any atom is -0.467 e. The molecule has 0 aliphatic rings. The fraction of sp³-hybridized carbons (Fsp3) is 0.0588. The van der Waals surface area contributed by atoms with Crippen molar-refractivity contribution < 1.29 is 61.4 Å². The van der Waals surface area contributed by atoms with Crippen LogP contribution >= 0.6 is 0 Å². The van der Waals surface area contributed by atoms with Gasteiger partial charge in [-0.25, -0.2) is 0 Å². The second-order valence-electron chi connectivity index (χ2n) is 12.2. The minimum absolute atomic E-state index is 0.0453. The zero-order valence-corrected chi connectivity index (χ0v) is 34.7. The van der Waals surface area contributed by atoms with Gasteiger partial charge in [-0.15, -0.1) is 0 Å². The summed E-state index contributed by atoms with van der Waals surface area (Å²) in [5, 5.41) is 11.1. The second-order valence-corrected chi connectivity index (χ2v) is 17.8. The van der Waals surface area contributed by atoms with Crippen LogP contribution in [0.15, 0.2) is 105 Å². The Balaban J connectivity index is 1.24. The molecule has 0 saturated carbocycles. The highest BCUT2D eigenvalue weighted by Crippen LogP contribution is 2.29. The molecular formula is C34H30N10O14S4. The molecule has 6 aromatic rings. The van der Waals surface area contributed by atoms with E-state index >= 15 is 0 Å². The van der Waals surface area contributed by atoms with Crippen LogP contribution in [0.1, 0.15) is 11.1 Å². The molecule has 2 aromatic heterocycles. The first-order valence-corrected chi connectivity index (χ1v) is 22.6. The van der Waals surface area contributed by atoms with E-state index in [1.54, 1.807) is 0 Å². The quantitative estimate of drug-likeness (QED) is 0.0498. The average molecular weight is 931 g/mol. The molecule has 0 bridgehead atoms. The van der Waals surface area contributed by atoms with Crippen LogP contribution in [0.2, 0.25) is 0 Å². The van der Waals surface area contributed by atoms with E-state index in [0.717, 1.165) is 36.4 Å². The van der Waals surface area contributed by atoms with Crippen molar-refractivity contribution in [2.45, 2.75) is 19.6 Å². The first kappa shape index (κ1) is 44.6. The van der Waals surface area contributed by atoms with E-state index in [2.05, 4.69) is 51.2 Å². The number of hydrogen-bond donors (Lipinski definition) is 8. The third-order valence-corrected chi connectivity index (χ3v) is 11.5. The van der Waals surface area contributed by atoms with E-state index in [-0.39, 0.29) is 68.1 Å².